The van der Waals surface area contributed by atoms with Gasteiger partial charge in [-0.2, -0.15) is 11.3 Å². The fraction of sp³-hybridized carbons (Fsp3) is 0.250. The smallest absolute Gasteiger partial charge is 0.1000 e. The molecule has 0 aliphatic carbocycles. The quantitative estimate of drug-likeness (QED) is 0.861. The van der Waals surface area contributed by atoms with Crippen LogP contribution >= 0.6 is 11.3 Å². The maximum Gasteiger partial charge on any atom is 0.1000 e. The Morgan fingerprint density at radius 1 is 1.40 bits per heavy atom. The van der Waals surface area contributed by atoms with Crippen molar-refractivity contribution in [3.05, 3.63) is 52.0 Å². The van der Waals surface area contributed by atoms with Gasteiger partial charge in [0.2, 0.25) is 0 Å². The van der Waals surface area contributed by atoms with Gasteiger partial charge in [-0.05, 0) is 40.9 Å². The monoisotopic (exact) mass is 219 g/mol. The highest BCUT2D eigenvalue weighted by Gasteiger charge is 2.09. The fourth-order valence-corrected chi connectivity index (χ4v) is 2.09. The molecule has 0 fully saturated rings. The lowest BCUT2D eigenvalue weighted by atomic mass is 10.1. The number of hydrogen-bond acceptors (Lipinski definition) is 3. The lowest BCUT2D eigenvalue weighted by molar-refractivity contribution is 0.173. The Hall–Kier alpha value is -1.19. The predicted octanol–water partition coefficient (Wildman–Crippen LogP) is 2.73. The third-order valence-electron chi connectivity index (χ3n) is 2.28. The van der Waals surface area contributed by atoms with E-state index in [0.717, 1.165) is 16.8 Å². The molecule has 0 saturated carbocycles. The van der Waals surface area contributed by atoms with Crippen molar-refractivity contribution < 1.29 is 5.11 Å². The molecule has 2 rings (SSSR count). The summed E-state index contributed by atoms with van der Waals surface area (Å²) in [5, 5.41) is 14.0. The fourth-order valence-electron chi connectivity index (χ4n) is 1.41. The number of rotatable bonds is 3. The maximum atomic E-state index is 9.93. The second-order valence-electron chi connectivity index (χ2n) is 3.61. The topological polar surface area (TPSA) is 33.1 Å². The number of pyridine rings is 1. The summed E-state index contributed by atoms with van der Waals surface area (Å²) in [5.41, 5.74) is 3.02. The summed E-state index contributed by atoms with van der Waals surface area (Å²) < 4.78 is 0. The summed E-state index contributed by atoms with van der Waals surface area (Å²) in [4.78, 5) is 4.21. The standard InChI is InChI=1S/C12H13NOS/c1-9-2-3-11(13-7-9)12(14)6-10-4-5-15-8-10/h2-5,7-8,12,14H,6H2,1H3. The predicted molar refractivity (Wildman–Crippen MR) is 62.0 cm³/mol. The van der Waals surface area contributed by atoms with Crippen molar-refractivity contribution in [2.45, 2.75) is 19.4 Å². The van der Waals surface area contributed by atoms with Gasteiger partial charge in [-0.1, -0.05) is 6.07 Å². The van der Waals surface area contributed by atoms with Crippen LogP contribution in [0.2, 0.25) is 0 Å². The number of thiophene rings is 1. The summed E-state index contributed by atoms with van der Waals surface area (Å²) in [7, 11) is 0. The van der Waals surface area contributed by atoms with Crippen molar-refractivity contribution in [2.75, 3.05) is 0 Å². The molecule has 2 aromatic rings. The highest BCUT2D eigenvalue weighted by atomic mass is 32.1. The summed E-state index contributed by atoms with van der Waals surface area (Å²) in [6, 6.07) is 5.88. The largest absolute Gasteiger partial charge is 0.386 e. The van der Waals surface area contributed by atoms with E-state index in [1.54, 1.807) is 17.5 Å². The molecule has 0 bridgehead atoms. The third kappa shape index (κ3) is 2.64. The Morgan fingerprint density at radius 2 is 2.27 bits per heavy atom. The lowest BCUT2D eigenvalue weighted by Crippen LogP contribution is -2.03. The van der Waals surface area contributed by atoms with Crippen molar-refractivity contribution >= 4 is 11.3 Å². The van der Waals surface area contributed by atoms with Crippen LogP contribution in [0.5, 0.6) is 0 Å². The van der Waals surface area contributed by atoms with Crippen LogP contribution in [0.15, 0.2) is 35.2 Å². The molecule has 3 heteroatoms. The van der Waals surface area contributed by atoms with Crippen molar-refractivity contribution in [1.82, 2.24) is 4.98 Å². The van der Waals surface area contributed by atoms with Crippen LogP contribution in [-0.4, -0.2) is 10.1 Å². The summed E-state index contributed by atoms with van der Waals surface area (Å²) in [6.07, 6.45) is 1.92. The van der Waals surface area contributed by atoms with Crippen LogP contribution in [0.1, 0.15) is 22.9 Å². The van der Waals surface area contributed by atoms with E-state index in [9.17, 15) is 5.11 Å². The molecule has 0 spiro atoms. The van der Waals surface area contributed by atoms with E-state index >= 15 is 0 Å². The van der Waals surface area contributed by atoms with Crippen LogP contribution in [0.4, 0.5) is 0 Å². The molecule has 0 radical (unpaired) electrons. The van der Waals surface area contributed by atoms with Gasteiger partial charge in [-0.3, -0.25) is 4.98 Å². The molecule has 78 valence electrons. The average Bonchev–Trinajstić information content (AvgIpc) is 2.71. The van der Waals surface area contributed by atoms with Crippen LogP contribution in [0.25, 0.3) is 0 Å². The highest BCUT2D eigenvalue weighted by Crippen LogP contribution is 2.18. The Kier molecular flexibility index (Phi) is 3.14. The highest BCUT2D eigenvalue weighted by molar-refractivity contribution is 7.07. The molecule has 1 unspecified atom stereocenters. The van der Waals surface area contributed by atoms with Gasteiger partial charge < -0.3 is 5.11 Å². The van der Waals surface area contributed by atoms with Gasteiger partial charge in [0.05, 0.1) is 11.8 Å². The van der Waals surface area contributed by atoms with E-state index in [0.29, 0.717) is 6.42 Å². The van der Waals surface area contributed by atoms with Crippen LogP contribution in [-0.2, 0) is 6.42 Å². The van der Waals surface area contributed by atoms with Crippen molar-refractivity contribution in [1.29, 1.82) is 0 Å². The van der Waals surface area contributed by atoms with E-state index < -0.39 is 6.10 Å². The molecule has 2 aromatic heterocycles. The third-order valence-corrected chi connectivity index (χ3v) is 3.02. The Morgan fingerprint density at radius 3 is 2.87 bits per heavy atom. The number of aromatic nitrogens is 1. The molecule has 15 heavy (non-hydrogen) atoms. The molecule has 2 nitrogen and oxygen atoms in total. The van der Waals surface area contributed by atoms with Crippen molar-refractivity contribution in [2.24, 2.45) is 0 Å². The minimum atomic E-state index is -0.500. The summed E-state index contributed by atoms with van der Waals surface area (Å²) >= 11 is 1.65. The Labute approximate surface area is 93.2 Å². The first-order valence-corrected chi connectivity index (χ1v) is 5.81. The molecule has 1 N–H and O–H groups in total. The van der Waals surface area contributed by atoms with Gasteiger partial charge in [0.25, 0.3) is 0 Å². The van der Waals surface area contributed by atoms with E-state index in [2.05, 4.69) is 10.4 Å². The number of hydrogen-bond donors (Lipinski definition) is 1. The zero-order valence-electron chi connectivity index (χ0n) is 8.55. The minimum absolute atomic E-state index is 0.500. The number of nitrogens with zero attached hydrogens (tertiary/aromatic N) is 1. The molecule has 0 aliphatic rings. The van der Waals surface area contributed by atoms with Crippen LogP contribution < -0.4 is 0 Å². The zero-order chi connectivity index (χ0) is 10.7. The molecule has 0 amide bonds. The van der Waals surface area contributed by atoms with Gasteiger partial charge in [-0.15, -0.1) is 0 Å². The van der Waals surface area contributed by atoms with E-state index in [1.807, 2.05) is 30.5 Å². The Bertz CT molecular complexity index is 408. The molecule has 0 aliphatic heterocycles. The van der Waals surface area contributed by atoms with E-state index in [4.69, 9.17) is 0 Å². The second kappa shape index (κ2) is 4.55. The second-order valence-corrected chi connectivity index (χ2v) is 4.39. The normalized spacial score (nSPS) is 12.7. The Balaban J connectivity index is 2.08. The minimum Gasteiger partial charge on any atom is -0.386 e. The van der Waals surface area contributed by atoms with Gasteiger partial charge in [0.1, 0.15) is 0 Å². The molecular formula is C12H13NOS. The van der Waals surface area contributed by atoms with Crippen molar-refractivity contribution in [3.8, 4) is 0 Å². The maximum absolute atomic E-state index is 9.93. The molecule has 2 heterocycles. The molecule has 0 aromatic carbocycles. The first-order chi connectivity index (χ1) is 7.25. The van der Waals surface area contributed by atoms with E-state index in [1.165, 1.54) is 0 Å². The average molecular weight is 219 g/mol. The van der Waals surface area contributed by atoms with Gasteiger partial charge in [-0.25, -0.2) is 0 Å². The zero-order valence-corrected chi connectivity index (χ0v) is 9.37. The lowest BCUT2D eigenvalue weighted by Gasteiger charge is -2.08. The summed E-state index contributed by atoms with van der Waals surface area (Å²) in [5.74, 6) is 0. The number of aryl methyl sites for hydroxylation is 1. The van der Waals surface area contributed by atoms with Crippen molar-refractivity contribution in [3.63, 3.8) is 0 Å². The first kappa shape index (κ1) is 10.3. The van der Waals surface area contributed by atoms with Crippen LogP contribution in [0, 0.1) is 6.92 Å². The van der Waals surface area contributed by atoms with Crippen LogP contribution in [0.3, 0.4) is 0 Å². The van der Waals surface area contributed by atoms with Gasteiger partial charge in [0.15, 0.2) is 0 Å². The first-order valence-electron chi connectivity index (χ1n) is 4.87. The summed E-state index contributed by atoms with van der Waals surface area (Å²) in [6.45, 7) is 1.99. The molecule has 0 saturated heterocycles. The number of aliphatic hydroxyl groups excluding tert-OH is 1. The molecular weight excluding hydrogens is 206 g/mol. The van der Waals surface area contributed by atoms with E-state index in [-0.39, 0.29) is 0 Å². The molecule has 1 atom stereocenters. The van der Waals surface area contributed by atoms with Gasteiger partial charge in [0, 0.05) is 12.6 Å². The SMILES string of the molecule is Cc1ccc(C(O)Cc2ccsc2)nc1. The van der Waals surface area contributed by atoms with Gasteiger partial charge >= 0.3 is 0 Å². The number of aliphatic hydroxyl groups is 1.